The van der Waals surface area contributed by atoms with E-state index in [1.54, 1.807) is 30.3 Å². The van der Waals surface area contributed by atoms with E-state index >= 15 is 0 Å². The van der Waals surface area contributed by atoms with Gasteiger partial charge < -0.3 is 5.11 Å². The Labute approximate surface area is 121 Å². The zero-order valence-electron chi connectivity index (χ0n) is 11.4. The Hall–Kier alpha value is -2.68. The summed E-state index contributed by atoms with van der Waals surface area (Å²) in [5, 5.41) is 10.5. The smallest absolute Gasteiger partial charge is 0.335 e. The largest absolute Gasteiger partial charge is 0.478 e. The molecular weight excluding hydrogens is 267 g/mol. The second-order valence-corrected chi connectivity index (χ2v) is 5.03. The van der Waals surface area contributed by atoms with Crippen LogP contribution in [0.5, 0.6) is 0 Å². The van der Waals surface area contributed by atoms with Crippen LogP contribution in [-0.2, 0) is 0 Å². The number of carbonyl (C=O) groups is 1. The third-order valence-corrected chi connectivity index (χ3v) is 3.51. The Bertz CT molecular complexity index is 853. The van der Waals surface area contributed by atoms with Crippen LogP contribution in [0.25, 0.3) is 21.9 Å². The van der Waals surface area contributed by atoms with E-state index < -0.39 is 5.97 Å². The molecule has 0 aromatic heterocycles. The lowest BCUT2D eigenvalue weighted by Crippen LogP contribution is -1.97. The molecule has 3 aromatic rings. The maximum Gasteiger partial charge on any atom is 0.335 e. The molecule has 1 N–H and O–H groups in total. The maximum atomic E-state index is 13.9. The second kappa shape index (κ2) is 5.02. The number of aromatic carboxylic acids is 1. The van der Waals surface area contributed by atoms with Crippen LogP contribution in [0.4, 0.5) is 4.39 Å². The van der Waals surface area contributed by atoms with Crippen LogP contribution in [0.2, 0.25) is 0 Å². The van der Waals surface area contributed by atoms with Gasteiger partial charge in [-0.15, -0.1) is 0 Å². The molecule has 0 aliphatic heterocycles. The second-order valence-electron chi connectivity index (χ2n) is 5.03. The summed E-state index contributed by atoms with van der Waals surface area (Å²) in [7, 11) is 0. The predicted molar refractivity (Wildman–Crippen MR) is 81.0 cm³/mol. The fourth-order valence-corrected chi connectivity index (χ4v) is 2.58. The van der Waals surface area contributed by atoms with E-state index in [0.29, 0.717) is 5.39 Å². The molecule has 3 aromatic carbocycles. The van der Waals surface area contributed by atoms with Crippen LogP contribution >= 0.6 is 0 Å². The Morgan fingerprint density at radius 2 is 1.71 bits per heavy atom. The summed E-state index contributed by atoms with van der Waals surface area (Å²) >= 11 is 0. The molecule has 0 unspecified atom stereocenters. The summed E-state index contributed by atoms with van der Waals surface area (Å²) in [6, 6.07) is 15.5. The monoisotopic (exact) mass is 280 g/mol. The number of fused-ring (bicyclic) bond motifs is 1. The first-order valence-corrected chi connectivity index (χ1v) is 6.59. The van der Waals surface area contributed by atoms with Gasteiger partial charge in [-0.25, -0.2) is 9.18 Å². The van der Waals surface area contributed by atoms with E-state index in [9.17, 15) is 14.3 Å². The van der Waals surface area contributed by atoms with Gasteiger partial charge in [-0.3, -0.25) is 0 Å². The Kier molecular flexibility index (Phi) is 3.18. The van der Waals surface area contributed by atoms with Gasteiger partial charge in [0.1, 0.15) is 5.82 Å². The number of benzene rings is 3. The highest BCUT2D eigenvalue weighted by Crippen LogP contribution is 2.31. The lowest BCUT2D eigenvalue weighted by Gasteiger charge is -2.10. The topological polar surface area (TPSA) is 37.3 Å². The molecule has 0 aliphatic carbocycles. The first kappa shape index (κ1) is 13.3. The molecule has 0 bridgehead atoms. The molecule has 0 amide bonds. The van der Waals surface area contributed by atoms with E-state index in [-0.39, 0.29) is 11.4 Å². The van der Waals surface area contributed by atoms with E-state index in [4.69, 9.17) is 0 Å². The van der Waals surface area contributed by atoms with Gasteiger partial charge in [-0.2, -0.15) is 0 Å². The van der Waals surface area contributed by atoms with Crippen molar-refractivity contribution in [2.45, 2.75) is 6.92 Å². The van der Waals surface area contributed by atoms with Crippen molar-refractivity contribution in [2.24, 2.45) is 0 Å². The molecule has 3 rings (SSSR count). The molecule has 0 atom stereocenters. The molecule has 0 fully saturated rings. The van der Waals surface area contributed by atoms with E-state index in [1.807, 2.05) is 25.1 Å². The van der Waals surface area contributed by atoms with Gasteiger partial charge in [0.2, 0.25) is 0 Å². The van der Waals surface area contributed by atoms with Gasteiger partial charge in [0.15, 0.2) is 0 Å². The Morgan fingerprint density at radius 3 is 2.43 bits per heavy atom. The van der Waals surface area contributed by atoms with Crippen LogP contribution in [-0.4, -0.2) is 11.1 Å². The fraction of sp³-hybridized carbons (Fsp3) is 0.0556. The molecular formula is C18H13FO2. The molecule has 0 saturated heterocycles. The predicted octanol–water partition coefficient (Wildman–Crippen LogP) is 4.65. The zero-order chi connectivity index (χ0) is 15.0. The van der Waals surface area contributed by atoms with Crippen molar-refractivity contribution in [3.8, 4) is 11.1 Å². The summed E-state index contributed by atoms with van der Waals surface area (Å²) in [6.45, 7) is 1.85. The summed E-state index contributed by atoms with van der Waals surface area (Å²) < 4.78 is 13.9. The van der Waals surface area contributed by atoms with Gasteiger partial charge in [-0.1, -0.05) is 36.4 Å². The Morgan fingerprint density at radius 1 is 1.00 bits per heavy atom. The molecule has 0 aliphatic rings. The highest BCUT2D eigenvalue weighted by Gasteiger charge is 2.11. The standard InChI is InChI=1S/C18H13FO2/c1-11-8-12(10-13(9-11)18(20)21)14-6-7-17(19)16-5-3-2-4-15(14)16/h2-10H,1H3,(H,20,21). The van der Waals surface area contributed by atoms with Crippen molar-refractivity contribution < 1.29 is 14.3 Å². The highest BCUT2D eigenvalue weighted by molar-refractivity contribution is 5.98. The highest BCUT2D eigenvalue weighted by atomic mass is 19.1. The van der Waals surface area contributed by atoms with Crippen LogP contribution in [0.1, 0.15) is 15.9 Å². The molecule has 0 saturated carbocycles. The summed E-state index contributed by atoms with van der Waals surface area (Å²) in [4.78, 5) is 11.2. The van der Waals surface area contributed by atoms with Crippen molar-refractivity contribution in [2.75, 3.05) is 0 Å². The van der Waals surface area contributed by atoms with Crippen molar-refractivity contribution in [3.05, 3.63) is 71.5 Å². The van der Waals surface area contributed by atoms with Crippen molar-refractivity contribution >= 4 is 16.7 Å². The molecule has 0 heterocycles. The number of halogens is 1. The molecule has 21 heavy (non-hydrogen) atoms. The van der Waals surface area contributed by atoms with E-state index in [0.717, 1.165) is 22.1 Å². The van der Waals surface area contributed by atoms with E-state index in [1.165, 1.54) is 6.07 Å². The number of hydrogen-bond donors (Lipinski definition) is 1. The minimum Gasteiger partial charge on any atom is -0.478 e. The number of carboxylic acid groups (broad SMARTS) is 1. The van der Waals surface area contributed by atoms with Gasteiger partial charge in [-0.05, 0) is 47.2 Å². The molecule has 104 valence electrons. The van der Waals surface area contributed by atoms with Gasteiger partial charge in [0.05, 0.1) is 5.56 Å². The SMILES string of the molecule is Cc1cc(C(=O)O)cc(-c2ccc(F)c3ccccc23)c1. The first-order chi connectivity index (χ1) is 10.1. The summed E-state index contributed by atoms with van der Waals surface area (Å²) in [5.74, 6) is -1.24. The number of aryl methyl sites for hydroxylation is 1. The summed E-state index contributed by atoms with van der Waals surface area (Å²) in [5.41, 5.74) is 2.71. The van der Waals surface area contributed by atoms with Gasteiger partial charge >= 0.3 is 5.97 Å². The van der Waals surface area contributed by atoms with Crippen molar-refractivity contribution in [1.82, 2.24) is 0 Å². The van der Waals surface area contributed by atoms with Gasteiger partial charge in [0, 0.05) is 5.39 Å². The minimum atomic E-state index is -0.966. The lowest BCUT2D eigenvalue weighted by molar-refractivity contribution is 0.0697. The van der Waals surface area contributed by atoms with Crippen LogP contribution in [0.3, 0.4) is 0 Å². The van der Waals surface area contributed by atoms with Crippen molar-refractivity contribution in [1.29, 1.82) is 0 Å². The number of rotatable bonds is 2. The van der Waals surface area contributed by atoms with Gasteiger partial charge in [0.25, 0.3) is 0 Å². The van der Waals surface area contributed by atoms with Crippen LogP contribution < -0.4 is 0 Å². The number of hydrogen-bond acceptors (Lipinski definition) is 1. The van der Waals surface area contributed by atoms with Crippen LogP contribution in [0, 0.1) is 12.7 Å². The average Bonchev–Trinajstić information content (AvgIpc) is 2.47. The minimum absolute atomic E-state index is 0.235. The quantitative estimate of drug-likeness (QED) is 0.741. The van der Waals surface area contributed by atoms with Crippen molar-refractivity contribution in [3.63, 3.8) is 0 Å². The normalized spacial score (nSPS) is 10.8. The first-order valence-electron chi connectivity index (χ1n) is 6.59. The number of carboxylic acids is 1. The fourth-order valence-electron chi connectivity index (χ4n) is 2.58. The lowest BCUT2D eigenvalue weighted by atomic mass is 9.95. The molecule has 0 radical (unpaired) electrons. The maximum absolute atomic E-state index is 13.9. The molecule has 0 spiro atoms. The summed E-state index contributed by atoms with van der Waals surface area (Å²) in [6.07, 6.45) is 0. The average molecular weight is 280 g/mol. The molecule has 3 heteroatoms. The van der Waals surface area contributed by atoms with Crippen LogP contribution in [0.15, 0.2) is 54.6 Å². The third kappa shape index (κ3) is 2.38. The molecule has 2 nitrogen and oxygen atoms in total. The third-order valence-electron chi connectivity index (χ3n) is 3.51. The van der Waals surface area contributed by atoms with E-state index in [2.05, 4.69) is 0 Å². The zero-order valence-corrected chi connectivity index (χ0v) is 11.4. The Balaban J connectivity index is 2.31.